The molecule has 0 saturated carbocycles. The van der Waals surface area contributed by atoms with Crippen LogP contribution in [0.1, 0.15) is 20.3 Å². The molecule has 1 fully saturated rings. The van der Waals surface area contributed by atoms with Crippen molar-refractivity contribution in [1.82, 2.24) is 10.2 Å². The van der Waals surface area contributed by atoms with E-state index in [1.165, 1.54) is 7.11 Å². The number of likely N-dealkylation sites (tertiary alicyclic amines) is 1. The summed E-state index contributed by atoms with van der Waals surface area (Å²) in [6, 6.07) is -0.211. The lowest BCUT2D eigenvalue weighted by Gasteiger charge is -2.35. The van der Waals surface area contributed by atoms with Crippen LogP contribution in [0.25, 0.3) is 0 Å². The second-order valence-electron chi connectivity index (χ2n) is 5.10. The molecule has 0 aromatic rings. The highest BCUT2D eigenvalue weighted by molar-refractivity contribution is 5.77. The van der Waals surface area contributed by atoms with E-state index in [2.05, 4.69) is 19.2 Å². The van der Waals surface area contributed by atoms with Crippen LogP contribution in [0.3, 0.4) is 0 Å². The van der Waals surface area contributed by atoms with Crippen LogP contribution < -0.4 is 5.32 Å². The quantitative estimate of drug-likeness (QED) is 0.780. The molecule has 0 bridgehead atoms. The van der Waals surface area contributed by atoms with Crippen molar-refractivity contribution in [3.05, 3.63) is 0 Å². The van der Waals surface area contributed by atoms with Crippen molar-refractivity contribution in [2.75, 3.05) is 26.7 Å². The van der Waals surface area contributed by atoms with E-state index in [0.717, 1.165) is 19.5 Å². The standard InChI is InChI=1S/C12H22N2O4/c1-8-4-9(2)7-14(6-8)12(17)13-5-10(18-3)11(15)16/h8-10H,4-7H2,1-3H3,(H,13,17)(H,15,16). The number of nitrogens with zero attached hydrogens (tertiary/aromatic N) is 1. The third-order valence-electron chi connectivity index (χ3n) is 3.15. The molecule has 1 heterocycles. The minimum atomic E-state index is -1.07. The van der Waals surface area contributed by atoms with Crippen molar-refractivity contribution in [3.63, 3.8) is 0 Å². The van der Waals surface area contributed by atoms with Crippen LogP contribution in [0.15, 0.2) is 0 Å². The zero-order chi connectivity index (χ0) is 13.7. The molecule has 1 aliphatic rings. The Morgan fingerprint density at radius 1 is 1.39 bits per heavy atom. The number of carboxylic acids is 1. The summed E-state index contributed by atoms with van der Waals surface area (Å²) < 4.78 is 4.76. The van der Waals surface area contributed by atoms with E-state index in [9.17, 15) is 9.59 Å². The number of ether oxygens (including phenoxy) is 1. The lowest BCUT2D eigenvalue weighted by atomic mass is 9.92. The highest BCUT2D eigenvalue weighted by Crippen LogP contribution is 2.20. The first-order valence-electron chi connectivity index (χ1n) is 6.22. The lowest BCUT2D eigenvalue weighted by Crippen LogP contribution is -2.49. The van der Waals surface area contributed by atoms with Gasteiger partial charge < -0.3 is 20.1 Å². The molecule has 0 aromatic heterocycles. The third kappa shape index (κ3) is 4.18. The van der Waals surface area contributed by atoms with E-state index >= 15 is 0 Å². The van der Waals surface area contributed by atoms with Crippen molar-refractivity contribution in [3.8, 4) is 0 Å². The molecule has 0 aliphatic carbocycles. The maximum atomic E-state index is 11.9. The Kier molecular flexibility index (Phi) is 5.40. The fraction of sp³-hybridized carbons (Fsp3) is 0.833. The molecule has 104 valence electrons. The Bertz CT molecular complexity index is 298. The van der Waals surface area contributed by atoms with Crippen LogP contribution in [0.5, 0.6) is 0 Å². The fourth-order valence-electron chi connectivity index (χ4n) is 2.39. The molecule has 2 N–H and O–H groups in total. The number of amides is 2. The van der Waals surface area contributed by atoms with E-state index in [1.807, 2.05) is 0 Å². The summed E-state index contributed by atoms with van der Waals surface area (Å²) in [5.74, 6) is -0.104. The summed E-state index contributed by atoms with van der Waals surface area (Å²) in [5.41, 5.74) is 0. The normalized spacial score (nSPS) is 25.6. The van der Waals surface area contributed by atoms with E-state index < -0.39 is 12.1 Å². The first-order chi connectivity index (χ1) is 8.43. The van der Waals surface area contributed by atoms with Crippen LogP contribution in [-0.2, 0) is 9.53 Å². The number of hydrogen-bond acceptors (Lipinski definition) is 3. The summed E-state index contributed by atoms with van der Waals surface area (Å²) in [6.45, 7) is 5.67. The highest BCUT2D eigenvalue weighted by Gasteiger charge is 2.26. The van der Waals surface area contributed by atoms with Gasteiger partial charge in [0, 0.05) is 20.2 Å². The van der Waals surface area contributed by atoms with E-state index in [0.29, 0.717) is 11.8 Å². The lowest BCUT2D eigenvalue weighted by molar-refractivity contribution is -0.148. The Balaban J connectivity index is 2.42. The summed E-state index contributed by atoms with van der Waals surface area (Å²) in [5, 5.41) is 11.4. The molecule has 1 saturated heterocycles. The maximum Gasteiger partial charge on any atom is 0.334 e. The Morgan fingerprint density at radius 2 is 1.94 bits per heavy atom. The van der Waals surface area contributed by atoms with Gasteiger partial charge in [-0.05, 0) is 18.3 Å². The average Bonchev–Trinajstić information content (AvgIpc) is 2.27. The van der Waals surface area contributed by atoms with Crippen LogP contribution in [0.2, 0.25) is 0 Å². The van der Waals surface area contributed by atoms with Crippen molar-refractivity contribution >= 4 is 12.0 Å². The van der Waals surface area contributed by atoms with Crippen molar-refractivity contribution < 1.29 is 19.4 Å². The van der Waals surface area contributed by atoms with Gasteiger partial charge in [-0.2, -0.15) is 0 Å². The number of hydrogen-bond donors (Lipinski definition) is 2. The minimum Gasteiger partial charge on any atom is -0.479 e. The van der Waals surface area contributed by atoms with Crippen LogP contribution >= 0.6 is 0 Å². The zero-order valence-electron chi connectivity index (χ0n) is 11.2. The number of carboxylic acid groups (broad SMARTS) is 1. The number of rotatable bonds is 4. The first-order valence-corrected chi connectivity index (χ1v) is 6.22. The molecule has 1 rings (SSSR count). The number of carbonyl (C=O) groups is 2. The van der Waals surface area contributed by atoms with Gasteiger partial charge in [0.05, 0.1) is 6.54 Å². The molecular formula is C12H22N2O4. The molecule has 3 atom stereocenters. The van der Waals surface area contributed by atoms with E-state index in [4.69, 9.17) is 9.84 Å². The Hall–Kier alpha value is -1.30. The molecule has 18 heavy (non-hydrogen) atoms. The summed E-state index contributed by atoms with van der Waals surface area (Å²) in [6.07, 6.45) is 0.133. The average molecular weight is 258 g/mol. The second-order valence-corrected chi connectivity index (χ2v) is 5.10. The monoisotopic (exact) mass is 258 g/mol. The van der Waals surface area contributed by atoms with E-state index in [-0.39, 0.29) is 12.6 Å². The predicted octanol–water partition coefficient (Wildman–Crippen LogP) is 0.773. The number of carbonyl (C=O) groups excluding carboxylic acids is 1. The smallest absolute Gasteiger partial charge is 0.334 e. The molecule has 2 amide bonds. The highest BCUT2D eigenvalue weighted by atomic mass is 16.5. The fourth-order valence-corrected chi connectivity index (χ4v) is 2.39. The molecule has 6 nitrogen and oxygen atoms in total. The van der Waals surface area contributed by atoms with Gasteiger partial charge in [0.2, 0.25) is 0 Å². The SMILES string of the molecule is COC(CNC(=O)N1CC(C)CC(C)C1)C(=O)O. The molecule has 3 unspecified atom stereocenters. The van der Waals surface area contributed by atoms with Crippen molar-refractivity contribution in [2.45, 2.75) is 26.4 Å². The Labute approximate surface area is 107 Å². The zero-order valence-corrected chi connectivity index (χ0v) is 11.2. The van der Waals surface area contributed by atoms with Gasteiger partial charge in [0.15, 0.2) is 6.10 Å². The number of nitrogens with one attached hydrogen (secondary N) is 1. The maximum absolute atomic E-state index is 11.9. The number of piperidine rings is 1. The van der Waals surface area contributed by atoms with Gasteiger partial charge in [0.1, 0.15) is 0 Å². The summed E-state index contributed by atoms with van der Waals surface area (Å²) >= 11 is 0. The molecular weight excluding hydrogens is 236 g/mol. The number of methoxy groups -OCH3 is 1. The van der Waals surface area contributed by atoms with Gasteiger partial charge >= 0.3 is 12.0 Å². The van der Waals surface area contributed by atoms with Gasteiger partial charge in [-0.3, -0.25) is 0 Å². The van der Waals surface area contributed by atoms with Crippen molar-refractivity contribution in [1.29, 1.82) is 0 Å². The molecule has 0 spiro atoms. The van der Waals surface area contributed by atoms with Gasteiger partial charge in [-0.25, -0.2) is 9.59 Å². The Morgan fingerprint density at radius 3 is 2.39 bits per heavy atom. The number of aliphatic carboxylic acids is 1. The molecule has 6 heteroatoms. The third-order valence-corrected chi connectivity index (χ3v) is 3.15. The molecule has 0 aromatic carbocycles. The number of urea groups is 1. The van der Waals surface area contributed by atoms with Crippen LogP contribution in [0, 0.1) is 11.8 Å². The van der Waals surface area contributed by atoms with Crippen LogP contribution in [-0.4, -0.2) is 54.9 Å². The predicted molar refractivity (Wildman–Crippen MR) is 66.3 cm³/mol. The summed E-state index contributed by atoms with van der Waals surface area (Å²) in [4.78, 5) is 24.4. The molecule has 1 aliphatic heterocycles. The van der Waals surface area contributed by atoms with Crippen molar-refractivity contribution in [2.24, 2.45) is 11.8 Å². The largest absolute Gasteiger partial charge is 0.479 e. The van der Waals surface area contributed by atoms with Gasteiger partial charge in [-0.15, -0.1) is 0 Å². The minimum absolute atomic E-state index is 0.00999. The van der Waals surface area contributed by atoms with Gasteiger partial charge in [0.25, 0.3) is 0 Å². The van der Waals surface area contributed by atoms with E-state index in [1.54, 1.807) is 4.90 Å². The first kappa shape index (κ1) is 14.8. The van der Waals surface area contributed by atoms with Gasteiger partial charge in [-0.1, -0.05) is 13.8 Å². The molecule has 0 radical (unpaired) electrons. The topological polar surface area (TPSA) is 78.9 Å². The second kappa shape index (κ2) is 6.58. The summed E-state index contributed by atoms with van der Waals surface area (Å²) in [7, 11) is 1.32. The van der Waals surface area contributed by atoms with Crippen LogP contribution in [0.4, 0.5) is 4.79 Å².